The number of hydrogen-bond donors (Lipinski definition) is 1. The summed E-state index contributed by atoms with van der Waals surface area (Å²) in [6.45, 7) is 1.05. The molecule has 0 spiro atoms. The van der Waals surface area contributed by atoms with Crippen LogP contribution in [-0.2, 0) is 20.1 Å². The first-order chi connectivity index (χ1) is 18.8. The Bertz CT molecular complexity index is 1710. The first-order valence-corrected chi connectivity index (χ1v) is 12.8. The molecule has 200 valence electrons. The summed E-state index contributed by atoms with van der Waals surface area (Å²) in [4.78, 5) is 42.7. The lowest BCUT2D eigenvalue weighted by atomic mass is 10.1. The van der Waals surface area contributed by atoms with E-state index in [2.05, 4.69) is 6.07 Å². The third kappa shape index (κ3) is 4.73. The SMILES string of the molecule is COc1cccc(C(=O)Cn2c(=O)c3c(c(C#N)c(N4CCCC(N)C4)n3Cc3ccccc3)n(C)c2=O)c1. The van der Waals surface area contributed by atoms with Gasteiger partial charge in [0.05, 0.1) is 19.2 Å². The van der Waals surface area contributed by atoms with Gasteiger partial charge in [-0.05, 0) is 30.5 Å². The third-order valence-electron chi connectivity index (χ3n) is 7.26. The highest BCUT2D eigenvalue weighted by Gasteiger charge is 2.30. The van der Waals surface area contributed by atoms with Gasteiger partial charge in [-0.1, -0.05) is 42.5 Å². The molecule has 0 saturated carbocycles. The maximum absolute atomic E-state index is 14.0. The minimum absolute atomic E-state index is 0.0746. The number of Topliss-reactive ketones (excluding diaryl/α,β-unsaturated/α-hetero) is 1. The number of ether oxygens (including phenoxy) is 1. The van der Waals surface area contributed by atoms with Crippen LogP contribution in [0, 0.1) is 11.3 Å². The average molecular weight is 527 g/mol. The smallest absolute Gasteiger partial charge is 0.331 e. The van der Waals surface area contributed by atoms with Gasteiger partial charge in [0.2, 0.25) is 0 Å². The third-order valence-corrected chi connectivity index (χ3v) is 7.26. The van der Waals surface area contributed by atoms with Gasteiger partial charge in [-0.15, -0.1) is 0 Å². The fourth-order valence-corrected chi connectivity index (χ4v) is 5.35. The fourth-order valence-electron chi connectivity index (χ4n) is 5.35. The van der Waals surface area contributed by atoms with Crippen LogP contribution in [0.25, 0.3) is 11.0 Å². The van der Waals surface area contributed by atoms with E-state index in [0.29, 0.717) is 36.8 Å². The molecule has 10 nitrogen and oxygen atoms in total. The van der Waals surface area contributed by atoms with Crippen molar-refractivity contribution in [2.75, 3.05) is 25.1 Å². The molecule has 3 heterocycles. The molecule has 5 rings (SSSR count). The Kier molecular flexibility index (Phi) is 7.09. The minimum atomic E-state index is -0.668. The molecule has 0 amide bonds. The number of carbonyl (C=O) groups excluding carboxylic acids is 1. The van der Waals surface area contributed by atoms with E-state index in [0.717, 1.165) is 23.0 Å². The largest absolute Gasteiger partial charge is 0.497 e. The second-order valence-electron chi connectivity index (χ2n) is 9.82. The number of ketones is 1. The number of fused-ring (bicyclic) bond motifs is 1. The van der Waals surface area contributed by atoms with E-state index in [1.54, 1.807) is 28.8 Å². The van der Waals surface area contributed by atoms with E-state index in [-0.39, 0.29) is 22.6 Å². The van der Waals surface area contributed by atoms with Crippen LogP contribution in [0.1, 0.15) is 34.3 Å². The Hall–Kier alpha value is -4.62. The van der Waals surface area contributed by atoms with Gasteiger partial charge >= 0.3 is 5.69 Å². The summed E-state index contributed by atoms with van der Waals surface area (Å²) in [5.74, 6) is 0.656. The number of aromatic nitrogens is 3. The van der Waals surface area contributed by atoms with Gasteiger partial charge in [0.25, 0.3) is 5.56 Å². The van der Waals surface area contributed by atoms with Crippen molar-refractivity contribution in [3.63, 3.8) is 0 Å². The highest BCUT2D eigenvalue weighted by Crippen LogP contribution is 2.32. The van der Waals surface area contributed by atoms with Gasteiger partial charge < -0.3 is 19.9 Å². The molecule has 1 aliphatic heterocycles. The zero-order chi connectivity index (χ0) is 27.7. The van der Waals surface area contributed by atoms with E-state index in [4.69, 9.17) is 10.5 Å². The summed E-state index contributed by atoms with van der Waals surface area (Å²) in [5.41, 5.74) is 6.95. The molecule has 2 N–H and O–H groups in total. The number of aryl methyl sites for hydroxylation is 1. The van der Waals surface area contributed by atoms with Crippen molar-refractivity contribution in [2.45, 2.75) is 32.0 Å². The second-order valence-corrected chi connectivity index (χ2v) is 9.82. The lowest BCUT2D eigenvalue weighted by Crippen LogP contribution is -2.44. The summed E-state index contributed by atoms with van der Waals surface area (Å²) in [7, 11) is 3.02. The molecule has 2 aromatic heterocycles. The molecule has 4 aromatic rings. The van der Waals surface area contributed by atoms with Gasteiger partial charge in [0.15, 0.2) is 5.78 Å². The van der Waals surface area contributed by atoms with Crippen molar-refractivity contribution in [2.24, 2.45) is 12.8 Å². The molecule has 0 radical (unpaired) electrons. The lowest BCUT2D eigenvalue weighted by molar-refractivity contribution is 0.0968. The fraction of sp³-hybridized carbons (Fsp3) is 0.310. The zero-order valence-electron chi connectivity index (χ0n) is 22.0. The Balaban J connectivity index is 1.74. The molecule has 0 aliphatic carbocycles. The van der Waals surface area contributed by atoms with Gasteiger partial charge in [-0.25, -0.2) is 4.79 Å². The average Bonchev–Trinajstić information content (AvgIpc) is 3.28. The first-order valence-electron chi connectivity index (χ1n) is 12.8. The second kappa shape index (κ2) is 10.6. The topological polar surface area (TPSA) is 128 Å². The number of anilines is 1. The van der Waals surface area contributed by atoms with E-state index in [1.165, 1.54) is 18.7 Å². The van der Waals surface area contributed by atoms with Crippen molar-refractivity contribution in [3.8, 4) is 11.8 Å². The van der Waals surface area contributed by atoms with E-state index >= 15 is 0 Å². The number of rotatable bonds is 7. The molecule has 1 unspecified atom stereocenters. The highest BCUT2D eigenvalue weighted by molar-refractivity contribution is 5.96. The molecule has 1 aliphatic rings. The van der Waals surface area contributed by atoms with Crippen LogP contribution in [0.3, 0.4) is 0 Å². The van der Waals surface area contributed by atoms with Crippen LogP contribution in [-0.4, -0.2) is 45.7 Å². The quantitative estimate of drug-likeness (QED) is 0.366. The Morgan fingerprint density at radius 3 is 2.56 bits per heavy atom. The number of carbonyl (C=O) groups is 1. The molecule has 39 heavy (non-hydrogen) atoms. The van der Waals surface area contributed by atoms with Gasteiger partial charge in [-0.2, -0.15) is 5.26 Å². The number of nitriles is 1. The monoisotopic (exact) mass is 526 g/mol. The van der Waals surface area contributed by atoms with Crippen LogP contribution in [0.4, 0.5) is 5.82 Å². The molecule has 1 saturated heterocycles. The van der Waals surface area contributed by atoms with Crippen molar-refractivity contribution >= 4 is 22.6 Å². The van der Waals surface area contributed by atoms with Crippen LogP contribution < -0.4 is 26.6 Å². The Morgan fingerprint density at radius 2 is 1.87 bits per heavy atom. The molecule has 2 aromatic carbocycles. The number of benzene rings is 2. The maximum Gasteiger partial charge on any atom is 0.331 e. The predicted molar refractivity (Wildman–Crippen MR) is 148 cm³/mol. The summed E-state index contributed by atoms with van der Waals surface area (Å²) in [5, 5.41) is 10.3. The summed E-state index contributed by atoms with van der Waals surface area (Å²) in [6.07, 6.45) is 1.71. The Morgan fingerprint density at radius 1 is 1.10 bits per heavy atom. The molecule has 10 heteroatoms. The van der Waals surface area contributed by atoms with E-state index in [1.807, 2.05) is 35.2 Å². The molecular formula is C29H30N6O4. The number of piperidine rings is 1. The number of nitrogens with zero attached hydrogens (tertiary/aromatic N) is 5. The number of methoxy groups -OCH3 is 1. The lowest BCUT2D eigenvalue weighted by Gasteiger charge is -2.33. The molecule has 1 atom stereocenters. The van der Waals surface area contributed by atoms with Crippen LogP contribution in [0.15, 0.2) is 64.2 Å². The van der Waals surface area contributed by atoms with Crippen molar-refractivity contribution in [1.29, 1.82) is 5.26 Å². The maximum atomic E-state index is 14.0. The molecular weight excluding hydrogens is 496 g/mol. The highest BCUT2D eigenvalue weighted by atomic mass is 16.5. The molecule has 0 bridgehead atoms. The Labute approximate surface area is 225 Å². The van der Waals surface area contributed by atoms with Crippen molar-refractivity contribution in [1.82, 2.24) is 13.7 Å². The van der Waals surface area contributed by atoms with Crippen molar-refractivity contribution in [3.05, 3.63) is 92.1 Å². The first kappa shape index (κ1) is 26.0. The standard InChI is InChI=1S/C29H30N6O4/c1-32-25-23(15-30)27(33-13-7-11-21(31)17-33)34(16-19-8-4-3-5-9-19)26(25)28(37)35(29(32)38)18-24(36)20-10-6-12-22(14-20)39-2/h3-6,8-10,12,14,21H,7,11,13,16-18,31H2,1-2H3. The zero-order valence-corrected chi connectivity index (χ0v) is 22.0. The summed E-state index contributed by atoms with van der Waals surface area (Å²) >= 11 is 0. The summed E-state index contributed by atoms with van der Waals surface area (Å²) in [6, 6.07) is 18.4. The minimum Gasteiger partial charge on any atom is -0.497 e. The van der Waals surface area contributed by atoms with Gasteiger partial charge in [0.1, 0.15) is 28.7 Å². The van der Waals surface area contributed by atoms with E-state index < -0.39 is 23.6 Å². The van der Waals surface area contributed by atoms with Crippen LogP contribution in [0.2, 0.25) is 0 Å². The number of hydrogen-bond acceptors (Lipinski definition) is 7. The van der Waals surface area contributed by atoms with E-state index in [9.17, 15) is 19.6 Å². The van der Waals surface area contributed by atoms with Crippen LogP contribution >= 0.6 is 0 Å². The van der Waals surface area contributed by atoms with Gasteiger partial charge in [-0.3, -0.25) is 18.7 Å². The molecule has 1 fully saturated rings. The van der Waals surface area contributed by atoms with Crippen LogP contribution in [0.5, 0.6) is 5.75 Å². The van der Waals surface area contributed by atoms with Gasteiger partial charge in [0, 0.05) is 38.3 Å². The summed E-state index contributed by atoms with van der Waals surface area (Å²) < 4.78 is 9.25. The predicted octanol–water partition coefficient (Wildman–Crippen LogP) is 2.24. The normalized spacial score (nSPS) is 15.3. The number of nitrogens with two attached hydrogens (primary N) is 1. The van der Waals surface area contributed by atoms with Crippen molar-refractivity contribution < 1.29 is 9.53 Å².